The summed E-state index contributed by atoms with van der Waals surface area (Å²) in [6.07, 6.45) is 3.32. The summed E-state index contributed by atoms with van der Waals surface area (Å²) in [6.45, 7) is 4.45. The van der Waals surface area contributed by atoms with Crippen LogP contribution in [0.5, 0.6) is 0 Å². The van der Waals surface area contributed by atoms with Crippen molar-refractivity contribution in [1.29, 1.82) is 0 Å². The number of hydrogen-bond acceptors (Lipinski definition) is 5. The van der Waals surface area contributed by atoms with Crippen LogP contribution < -0.4 is 0 Å². The molecule has 6 nitrogen and oxygen atoms in total. The van der Waals surface area contributed by atoms with Gasteiger partial charge in [-0.25, -0.2) is 0 Å². The third-order valence-electron chi connectivity index (χ3n) is 4.34. The number of carbonyl (C=O) groups is 1. The smallest absolute Gasteiger partial charge is 0.323 e. The van der Waals surface area contributed by atoms with Crippen molar-refractivity contribution >= 4 is 5.97 Å². The van der Waals surface area contributed by atoms with E-state index in [-0.39, 0.29) is 18.1 Å². The summed E-state index contributed by atoms with van der Waals surface area (Å²) in [5.41, 5.74) is 0. The van der Waals surface area contributed by atoms with Crippen LogP contribution in [0.25, 0.3) is 0 Å². The second-order valence-corrected chi connectivity index (χ2v) is 5.87. The van der Waals surface area contributed by atoms with Crippen LogP contribution in [-0.4, -0.2) is 44.3 Å². The van der Waals surface area contributed by atoms with Crippen molar-refractivity contribution in [1.82, 2.24) is 19.7 Å². The van der Waals surface area contributed by atoms with Gasteiger partial charge in [0.1, 0.15) is 23.8 Å². The molecule has 0 aromatic carbocycles. The molecular formula is C13H18N4O2. The van der Waals surface area contributed by atoms with Crippen LogP contribution in [0.1, 0.15) is 43.8 Å². The summed E-state index contributed by atoms with van der Waals surface area (Å²) in [5.74, 6) is 2.70. The molecule has 2 aliphatic heterocycles. The zero-order valence-corrected chi connectivity index (χ0v) is 11.1. The lowest BCUT2D eigenvalue weighted by molar-refractivity contribution is -0.145. The van der Waals surface area contributed by atoms with Crippen molar-refractivity contribution in [3.05, 3.63) is 11.6 Å². The Balaban J connectivity index is 1.54. The van der Waals surface area contributed by atoms with Crippen LogP contribution in [0, 0.1) is 0 Å². The predicted octanol–water partition coefficient (Wildman–Crippen LogP) is 0.675. The fourth-order valence-corrected chi connectivity index (χ4v) is 3.14. The number of nitrogens with zero attached hydrogens (tertiary/aromatic N) is 4. The molecule has 0 N–H and O–H groups in total. The van der Waals surface area contributed by atoms with Crippen LogP contribution in [0.3, 0.4) is 0 Å². The molecule has 102 valence electrons. The van der Waals surface area contributed by atoms with Gasteiger partial charge in [0.05, 0.1) is 6.54 Å². The van der Waals surface area contributed by atoms with Crippen molar-refractivity contribution in [3.63, 3.8) is 0 Å². The Bertz CT molecular complexity index is 523. The van der Waals surface area contributed by atoms with Gasteiger partial charge >= 0.3 is 5.97 Å². The topological polar surface area (TPSA) is 60.2 Å². The Labute approximate surface area is 111 Å². The average Bonchev–Trinajstić information content (AvgIpc) is 3.06. The van der Waals surface area contributed by atoms with Gasteiger partial charge in [0.2, 0.25) is 0 Å². The first-order chi connectivity index (χ1) is 9.22. The molecule has 3 heterocycles. The lowest BCUT2D eigenvalue weighted by Crippen LogP contribution is -2.43. The molecule has 3 aliphatic rings. The molecule has 4 rings (SSSR count). The number of ether oxygens (including phenoxy) is 1. The first-order valence-corrected chi connectivity index (χ1v) is 7.09. The number of cyclic esters (lactones) is 1. The van der Waals surface area contributed by atoms with Gasteiger partial charge in [-0.1, -0.05) is 0 Å². The molecule has 0 spiro atoms. The molecule has 0 amide bonds. The highest BCUT2D eigenvalue weighted by atomic mass is 16.6. The van der Waals surface area contributed by atoms with Crippen LogP contribution >= 0.6 is 0 Å². The summed E-state index contributed by atoms with van der Waals surface area (Å²) >= 11 is 0. The first-order valence-electron chi connectivity index (χ1n) is 7.09. The Morgan fingerprint density at radius 3 is 2.79 bits per heavy atom. The highest BCUT2D eigenvalue weighted by Crippen LogP contribution is 2.39. The first kappa shape index (κ1) is 11.4. The molecule has 1 saturated carbocycles. The van der Waals surface area contributed by atoms with Gasteiger partial charge in [-0.3, -0.25) is 9.69 Å². The molecule has 0 unspecified atom stereocenters. The third kappa shape index (κ3) is 1.85. The van der Waals surface area contributed by atoms with Crippen molar-refractivity contribution in [2.45, 2.75) is 57.3 Å². The highest BCUT2D eigenvalue weighted by molar-refractivity contribution is 5.78. The molecule has 0 bridgehead atoms. The number of aromatic nitrogens is 3. The summed E-state index contributed by atoms with van der Waals surface area (Å²) in [5, 5.41) is 8.63. The standard InChI is InChI=1S/C13H18N4O2/c1-8-6-10(13(18)19-8)16-4-5-17-11(7-16)14-15-12(17)9-2-3-9/h8-10H,2-7H2,1H3/t8-,10-/m0/s1. The van der Waals surface area contributed by atoms with Crippen molar-refractivity contribution in [2.75, 3.05) is 6.54 Å². The number of carbonyl (C=O) groups excluding carboxylic acids is 1. The van der Waals surface area contributed by atoms with Crippen molar-refractivity contribution in [3.8, 4) is 0 Å². The van der Waals surface area contributed by atoms with Crippen LogP contribution in [0.4, 0.5) is 0 Å². The fourth-order valence-electron chi connectivity index (χ4n) is 3.14. The van der Waals surface area contributed by atoms with Gasteiger partial charge in [0.15, 0.2) is 0 Å². The summed E-state index contributed by atoms with van der Waals surface area (Å²) < 4.78 is 7.49. The fraction of sp³-hybridized carbons (Fsp3) is 0.769. The van der Waals surface area contributed by atoms with E-state index in [1.807, 2.05) is 6.92 Å². The molecular weight excluding hydrogens is 244 g/mol. The average molecular weight is 262 g/mol. The van der Waals surface area contributed by atoms with Gasteiger partial charge in [-0.05, 0) is 19.8 Å². The minimum atomic E-state index is -0.0928. The van der Waals surface area contributed by atoms with E-state index < -0.39 is 0 Å². The zero-order valence-electron chi connectivity index (χ0n) is 11.1. The SMILES string of the molecule is C[C@H]1C[C@H](N2CCn3c(nnc3C3CC3)C2)C(=O)O1. The van der Waals surface area contributed by atoms with Gasteiger partial charge in [-0.2, -0.15) is 0 Å². The second kappa shape index (κ2) is 4.03. The summed E-state index contributed by atoms with van der Waals surface area (Å²) in [6, 6.07) is -0.0928. The molecule has 1 aliphatic carbocycles. The maximum Gasteiger partial charge on any atom is 0.323 e. The largest absolute Gasteiger partial charge is 0.461 e. The van der Waals surface area contributed by atoms with E-state index in [0.717, 1.165) is 31.2 Å². The minimum Gasteiger partial charge on any atom is -0.461 e. The molecule has 2 fully saturated rings. The number of rotatable bonds is 2. The van der Waals surface area contributed by atoms with E-state index in [4.69, 9.17) is 4.74 Å². The van der Waals surface area contributed by atoms with E-state index in [9.17, 15) is 4.79 Å². The van der Waals surface area contributed by atoms with E-state index >= 15 is 0 Å². The van der Waals surface area contributed by atoms with E-state index in [1.54, 1.807) is 0 Å². The number of esters is 1. The van der Waals surface area contributed by atoms with Crippen molar-refractivity contribution in [2.24, 2.45) is 0 Å². The van der Waals surface area contributed by atoms with Crippen LogP contribution in [0.2, 0.25) is 0 Å². The molecule has 2 atom stereocenters. The van der Waals surface area contributed by atoms with Crippen molar-refractivity contribution < 1.29 is 9.53 Å². The molecule has 1 aromatic rings. The maximum atomic E-state index is 11.8. The summed E-state index contributed by atoms with van der Waals surface area (Å²) in [7, 11) is 0. The maximum absolute atomic E-state index is 11.8. The van der Waals surface area contributed by atoms with Gasteiger partial charge in [-0.15, -0.1) is 10.2 Å². The van der Waals surface area contributed by atoms with Gasteiger partial charge < -0.3 is 9.30 Å². The predicted molar refractivity (Wildman–Crippen MR) is 66.4 cm³/mol. The van der Waals surface area contributed by atoms with Crippen LogP contribution in [0.15, 0.2) is 0 Å². The van der Waals surface area contributed by atoms with E-state index in [2.05, 4.69) is 19.7 Å². The van der Waals surface area contributed by atoms with Gasteiger partial charge in [0.25, 0.3) is 0 Å². The van der Waals surface area contributed by atoms with E-state index in [1.165, 1.54) is 12.8 Å². The highest BCUT2D eigenvalue weighted by Gasteiger charge is 2.39. The Hall–Kier alpha value is -1.43. The molecule has 19 heavy (non-hydrogen) atoms. The zero-order chi connectivity index (χ0) is 13.0. The molecule has 0 radical (unpaired) electrons. The number of hydrogen-bond donors (Lipinski definition) is 0. The normalized spacial score (nSPS) is 31.3. The van der Waals surface area contributed by atoms with Crippen LogP contribution in [-0.2, 0) is 22.6 Å². The third-order valence-corrected chi connectivity index (χ3v) is 4.34. The molecule has 1 aromatic heterocycles. The molecule has 1 saturated heterocycles. The van der Waals surface area contributed by atoms with Gasteiger partial charge in [0, 0.05) is 25.4 Å². The monoisotopic (exact) mass is 262 g/mol. The summed E-state index contributed by atoms with van der Waals surface area (Å²) in [4.78, 5) is 14.0. The Kier molecular flexibility index (Phi) is 2.42. The van der Waals surface area contributed by atoms with E-state index in [0.29, 0.717) is 12.5 Å². The second-order valence-electron chi connectivity index (χ2n) is 5.87. The number of fused-ring (bicyclic) bond motifs is 1. The Morgan fingerprint density at radius 1 is 1.26 bits per heavy atom. The lowest BCUT2D eigenvalue weighted by atomic mass is 10.1. The quantitative estimate of drug-likeness (QED) is 0.733. The molecule has 6 heteroatoms. The lowest BCUT2D eigenvalue weighted by Gasteiger charge is -2.30. The minimum absolute atomic E-state index is 0.0410. The Morgan fingerprint density at radius 2 is 2.11 bits per heavy atom.